The molecule has 0 atom stereocenters. The SMILES string of the molecule is CCOC(=O)c1c(-c2ccccc2Cl)csc1NC(=O)COC(=O)CSc1cc(Cl)ccc1Cl. The highest BCUT2D eigenvalue weighted by atomic mass is 35.5. The maximum Gasteiger partial charge on any atom is 0.341 e. The number of amides is 1. The Morgan fingerprint density at radius 1 is 1.00 bits per heavy atom. The van der Waals surface area contributed by atoms with Crippen molar-refractivity contribution in [1.82, 2.24) is 0 Å². The van der Waals surface area contributed by atoms with Crippen molar-refractivity contribution < 1.29 is 23.9 Å². The van der Waals surface area contributed by atoms with Crippen LogP contribution in [0.5, 0.6) is 0 Å². The third-order valence-electron chi connectivity index (χ3n) is 4.29. The molecule has 0 spiro atoms. The number of thiophene rings is 1. The molecule has 0 bridgehead atoms. The molecule has 1 amide bonds. The third-order valence-corrected chi connectivity index (χ3v) is 7.22. The number of carbonyl (C=O) groups excluding carboxylic acids is 3. The predicted molar refractivity (Wildman–Crippen MR) is 137 cm³/mol. The first-order valence-corrected chi connectivity index (χ1v) is 12.9. The summed E-state index contributed by atoms with van der Waals surface area (Å²) in [5.74, 6) is -1.86. The van der Waals surface area contributed by atoms with Gasteiger partial charge in [0.2, 0.25) is 0 Å². The molecule has 3 aromatic rings. The van der Waals surface area contributed by atoms with Gasteiger partial charge in [0.1, 0.15) is 10.6 Å². The minimum Gasteiger partial charge on any atom is -0.462 e. The Balaban J connectivity index is 1.65. The van der Waals surface area contributed by atoms with Crippen molar-refractivity contribution in [3.05, 3.63) is 68.5 Å². The molecule has 1 heterocycles. The van der Waals surface area contributed by atoms with Crippen LogP contribution in [-0.4, -0.2) is 36.8 Å². The van der Waals surface area contributed by atoms with Crippen LogP contribution in [0, 0.1) is 0 Å². The molecule has 2 aromatic carbocycles. The highest BCUT2D eigenvalue weighted by molar-refractivity contribution is 8.00. The van der Waals surface area contributed by atoms with Crippen molar-refractivity contribution in [2.24, 2.45) is 0 Å². The van der Waals surface area contributed by atoms with E-state index in [0.717, 1.165) is 23.1 Å². The highest BCUT2D eigenvalue weighted by Crippen LogP contribution is 2.39. The lowest BCUT2D eigenvalue weighted by Gasteiger charge is -2.10. The molecular weight excluding hydrogens is 541 g/mol. The Bertz CT molecular complexity index is 1220. The van der Waals surface area contributed by atoms with Gasteiger partial charge >= 0.3 is 11.9 Å². The molecule has 6 nitrogen and oxygen atoms in total. The summed E-state index contributed by atoms with van der Waals surface area (Å²) in [4.78, 5) is 37.8. The van der Waals surface area contributed by atoms with Crippen molar-refractivity contribution in [2.75, 3.05) is 24.3 Å². The van der Waals surface area contributed by atoms with E-state index in [2.05, 4.69) is 5.32 Å². The quantitative estimate of drug-likeness (QED) is 0.229. The van der Waals surface area contributed by atoms with E-state index in [9.17, 15) is 14.4 Å². The summed E-state index contributed by atoms with van der Waals surface area (Å²) in [6.07, 6.45) is 0. The number of esters is 2. The zero-order chi connectivity index (χ0) is 24.7. The molecule has 0 radical (unpaired) electrons. The molecule has 1 N–H and O–H groups in total. The summed E-state index contributed by atoms with van der Waals surface area (Å²) in [6, 6.07) is 11.9. The lowest BCUT2D eigenvalue weighted by Crippen LogP contribution is -2.22. The van der Waals surface area contributed by atoms with Gasteiger partial charge in [-0.1, -0.05) is 53.0 Å². The molecule has 0 aliphatic carbocycles. The monoisotopic (exact) mass is 557 g/mol. The van der Waals surface area contributed by atoms with Gasteiger partial charge in [-0.05, 0) is 31.2 Å². The molecule has 0 unspecified atom stereocenters. The summed E-state index contributed by atoms with van der Waals surface area (Å²) >= 11 is 20.6. The van der Waals surface area contributed by atoms with E-state index in [4.69, 9.17) is 44.3 Å². The summed E-state index contributed by atoms with van der Waals surface area (Å²) in [7, 11) is 0. The number of nitrogens with one attached hydrogen (secondary N) is 1. The van der Waals surface area contributed by atoms with E-state index in [0.29, 0.717) is 31.1 Å². The average molecular weight is 559 g/mol. The van der Waals surface area contributed by atoms with E-state index in [-0.39, 0.29) is 22.9 Å². The van der Waals surface area contributed by atoms with Gasteiger partial charge in [-0.25, -0.2) is 4.79 Å². The molecule has 34 heavy (non-hydrogen) atoms. The predicted octanol–water partition coefficient (Wildman–Crippen LogP) is 6.83. The fraction of sp³-hybridized carbons (Fsp3) is 0.174. The second-order valence-electron chi connectivity index (χ2n) is 6.63. The molecule has 0 fully saturated rings. The Kier molecular flexibility index (Phi) is 9.67. The molecule has 0 aliphatic rings. The summed E-state index contributed by atoms with van der Waals surface area (Å²) in [5, 5.41) is 6.00. The van der Waals surface area contributed by atoms with Gasteiger partial charge in [-0.15, -0.1) is 23.1 Å². The van der Waals surface area contributed by atoms with Crippen LogP contribution in [0.1, 0.15) is 17.3 Å². The Hall–Kier alpha value is -2.23. The second-order valence-corrected chi connectivity index (χ2v) is 9.77. The van der Waals surface area contributed by atoms with Gasteiger partial charge in [0.05, 0.1) is 17.4 Å². The molecule has 0 aliphatic heterocycles. The molecule has 0 saturated carbocycles. The number of anilines is 1. The molecule has 0 saturated heterocycles. The second kappa shape index (κ2) is 12.5. The van der Waals surface area contributed by atoms with E-state index >= 15 is 0 Å². The topological polar surface area (TPSA) is 81.7 Å². The minimum atomic E-state index is -0.607. The van der Waals surface area contributed by atoms with Crippen molar-refractivity contribution >= 4 is 80.7 Å². The number of benzene rings is 2. The van der Waals surface area contributed by atoms with Gasteiger partial charge in [0.25, 0.3) is 5.91 Å². The lowest BCUT2D eigenvalue weighted by atomic mass is 10.0. The van der Waals surface area contributed by atoms with Crippen LogP contribution in [0.3, 0.4) is 0 Å². The molecule has 1 aromatic heterocycles. The summed E-state index contributed by atoms with van der Waals surface area (Å²) in [6.45, 7) is 1.33. The third kappa shape index (κ3) is 6.90. The fourth-order valence-corrected chi connectivity index (χ4v) is 5.30. The smallest absolute Gasteiger partial charge is 0.341 e. The van der Waals surface area contributed by atoms with Crippen LogP contribution in [-0.2, 0) is 19.1 Å². The van der Waals surface area contributed by atoms with E-state index < -0.39 is 24.5 Å². The standard InChI is InChI=1S/C23H18Cl3NO5S2/c1-2-31-23(30)21-15(14-5-3-4-6-16(14)25)11-34-22(21)27-19(28)10-32-20(29)12-33-18-9-13(24)7-8-17(18)26/h3-9,11H,2,10,12H2,1H3,(H,27,28). The first kappa shape index (κ1) is 26.4. The Labute approximate surface area is 219 Å². The van der Waals surface area contributed by atoms with Crippen LogP contribution in [0.25, 0.3) is 11.1 Å². The molecule has 3 rings (SSSR count). The van der Waals surface area contributed by atoms with Crippen LogP contribution in [0.2, 0.25) is 15.1 Å². The van der Waals surface area contributed by atoms with Gasteiger partial charge in [-0.3, -0.25) is 9.59 Å². The Morgan fingerprint density at radius 3 is 2.50 bits per heavy atom. The van der Waals surface area contributed by atoms with Gasteiger partial charge in [0.15, 0.2) is 6.61 Å². The van der Waals surface area contributed by atoms with E-state index in [1.165, 1.54) is 0 Å². The van der Waals surface area contributed by atoms with E-state index in [1.807, 2.05) is 0 Å². The maximum atomic E-state index is 12.6. The largest absolute Gasteiger partial charge is 0.462 e. The first-order chi connectivity index (χ1) is 16.3. The normalized spacial score (nSPS) is 10.6. The first-order valence-electron chi connectivity index (χ1n) is 9.87. The van der Waals surface area contributed by atoms with Gasteiger partial charge < -0.3 is 14.8 Å². The summed E-state index contributed by atoms with van der Waals surface area (Å²) < 4.78 is 10.2. The number of ether oxygens (including phenoxy) is 2. The lowest BCUT2D eigenvalue weighted by molar-refractivity contribution is -0.144. The fourth-order valence-electron chi connectivity index (χ4n) is 2.81. The molecular formula is C23H18Cl3NO5S2. The van der Waals surface area contributed by atoms with Gasteiger partial charge in [0, 0.05) is 31.4 Å². The number of halogens is 3. The van der Waals surface area contributed by atoms with Crippen LogP contribution < -0.4 is 5.32 Å². The van der Waals surface area contributed by atoms with Crippen molar-refractivity contribution in [3.8, 4) is 11.1 Å². The highest BCUT2D eigenvalue weighted by Gasteiger charge is 2.24. The minimum absolute atomic E-state index is 0.0585. The van der Waals surface area contributed by atoms with Crippen LogP contribution in [0.4, 0.5) is 5.00 Å². The maximum absolute atomic E-state index is 12.6. The number of hydrogen-bond donors (Lipinski definition) is 1. The average Bonchev–Trinajstić information content (AvgIpc) is 3.22. The van der Waals surface area contributed by atoms with Crippen LogP contribution in [0.15, 0.2) is 52.7 Å². The van der Waals surface area contributed by atoms with Crippen LogP contribution >= 0.6 is 57.9 Å². The number of hydrogen-bond acceptors (Lipinski definition) is 7. The number of thioether (sulfide) groups is 1. The van der Waals surface area contributed by atoms with Crippen molar-refractivity contribution in [3.63, 3.8) is 0 Å². The Morgan fingerprint density at radius 2 is 1.76 bits per heavy atom. The zero-order valence-corrected chi connectivity index (χ0v) is 21.6. The zero-order valence-electron chi connectivity index (χ0n) is 17.7. The van der Waals surface area contributed by atoms with E-state index in [1.54, 1.807) is 54.8 Å². The van der Waals surface area contributed by atoms with Gasteiger partial charge in [-0.2, -0.15) is 0 Å². The molecule has 11 heteroatoms. The summed E-state index contributed by atoms with van der Waals surface area (Å²) in [5.41, 5.74) is 1.36. The number of carbonyl (C=O) groups is 3. The van der Waals surface area contributed by atoms with Crippen molar-refractivity contribution in [2.45, 2.75) is 11.8 Å². The molecule has 178 valence electrons. The number of rotatable bonds is 9. The van der Waals surface area contributed by atoms with Crippen molar-refractivity contribution in [1.29, 1.82) is 0 Å².